The van der Waals surface area contributed by atoms with Crippen molar-refractivity contribution in [1.29, 1.82) is 0 Å². The average molecular weight is 407 g/mol. The number of rotatable bonds is 3. The molecule has 0 radical (unpaired) electrons. The van der Waals surface area contributed by atoms with Gasteiger partial charge in [-0.15, -0.1) is 0 Å². The average Bonchev–Trinajstić information content (AvgIpc) is 2.56. The Morgan fingerprint density at radius 1 is 1.42 bits per heavy atom. The fourth-order valence-corrected chi connectivity index (χ4v) is 3.09. The number of aryl methyl sites for hydroxylation is 2. The maximum absolute atomic E-state index is 12.3. The quantitative estimate of drug-likeness (QED) is 0.711. The van der Waals surface area contributed by atoms with Crippen LogP contribution in [0.15, 0.2) is 27.1 Å². The number of carbonyl (C=O) groups excluding carboxylic acids is 1. The van der Waals surface area contributed by atoms with E-state index < -0.39 is 0 Å². The molecule has 2 aromatic rings. The molecule has 19 heavy (non-hydrogen) atoms. The molecule has 0 bridgehead atoms. The predicted octanol–water partition coefficient (Wildman–Crippen LogP) is 4.33. The van der Waals surface area contributed by atoms with Crippen LogP contribution in [0.5, 0.6) is 0 Å². The van der Waals surface area contributed by atoms with E-state index in [4.69, 9.17) is 11.6 Å². The summed E-state index contributed by atoms with van der Waals surface area (Å²) in [5.41, 5.74) is 2.24. The van der Waals surface area contributed by atoms with Crippen LogP contribution in [0.2, 0.25) is 5.02 Å². The lowest BCUT2D eigenvalue weighted by Gasteiger charge is -2.05. The van der Waals surface area contributed by atoms with Crippen LogP contribution in [0.1, 0.15) is 21.7 Å². The molecular weight excluding hydrogens is 395 g/mol. The van der Waals surface area contributed by atoms with Gasteiger partial charge in [0.15, 0.2) is 5.78 Å². The molecule has 1 heterocycles. The molecule has 3 nitrogen and oxygen atoms in total. The summed E-state index contributed by atoms with van der Waals surface area (Å²) in [4.78, 5) is 12.3. The van der Waals surface area contributed by atoms with E-state index in [0.717, 1.165) is 20.3 Å². The summed E-state index contributed by atoms with van der Waals surface area (Å²) >= 11 is 12.9. The van der Waals surface area contributed by atoms with E-state index in [1.807, 2.05) is 20.0 Å². The number of halogens is 3. The molecule has 1 aromatic heterocycles. The Kier molecular flexibility index (Phi) is 4.48. The van der Waals surface area contributed by atoms with Crippen molar-refractivity contribution >= 4 is 49.2 Å². The third-order valence-corrected chi connectivity index (χ3v) is 4.66. The molecule has 0 fully saturated rings. The van der Waals surface area contributed by atoms with Gasteiger partial charge in [-0.1, -0.05) is 27.5 Å². The zero-order chi connectivity index (χ0) is 14.2. The Morgan fingerprint density at radius 3 is 2.63 bits per heavy atom. The first-order valence-electron chi connectivity index (χ1n) is 5.56. The van der Waals surface area contributed by atoms with Crippen LogP contribution in [0, 0.1) is 6.92 Å². The van der Waals surface area contributed by atoms with Crippen LogP contribution in [-0.4, -0.2) is 15.6 Å². The van der Waals surface area contributed by atoms with Crippen molar-refractivity contribution in [2.75, 3.05) is 0 Å². The molecule has 1 aromatic carbocycles. The van der Waals surface area contributed by atoms with E-state index in [0.29, 0.717) is 10.6 Å². The summed E-state index contributed by atoms with van der Waals surface area (Å²) in [5.74, 6) is -0.0267. The molecule has 0 atom stereocenters. The van der Waals surface area contributed by atoms with Crippen molar-refractivity contribution in [3.8, 4) is 0 Å². The number of Topliss-reactive ketones (excluding diaryl/α,β-unsaturated/α-hetero) is 1. The topological polar surface area (TPSA) is 34.9 Å². The molecule has 0 N–H and O–H groups in total. The minimum absolute atomic E-state index is 0.0267. The van der Waals surface area contributed by atoms with Gasteiger partial charge in [-0.05, 0) is 41.1 Å². The van der Waals surface area contributed by atoms with Gasteiger partial charge >= 0.3 is 0 Å². The smallest absolute Gasteiger partial charge is 0.170 e. The molecule has 2 rings (SSSR count). The zero-order valence-electron chi connectivity index (χ0n) is 10.4. The van der Waals surface area contributed by atoms with Crippen LogP contribution in [-0.2, 0) is 13.5 Å². The van der Waals surface area contributed by atoms with E-state index in [-0.39, 0.29) is 12.2 Å². The number of carbonyl (C=O) groups is 1. The summed E-state index contributed by atoms with van der Waals surface area (Å²) in [6, 6.07) is 5.26. The number of nitrogens with zero attached hydrogens (tertiary/aromatic N) is 2. The fourth-order valence-electron chi connectivity index (χ4n) is 1.84. The zero-order valence-corrected chi connectivity index (χ0v) is 14.3. The SMILES string of the molecule is Cc1nn(C)c(CC(=O)c2ccc(Br)cc2Cl)c1Br. The largest absolute Gasteiger partial charge is 0.294 e. The Morgan fingerprint density at radius 2 is 2.11 bits per heavy atom. The van der Waals surface area contributed by atoms with Gasteiger partial charge in [0, 0.05) is 17.1 Å². The summed E-state index contributed by atoms with van der Waals surface area (Å²) in [6.45, 7) is 1.89. The van der Waals surface area contributed by atoms with Crippen LogP contribution in [0.25, 0.3) is 0 Å². The van der Waals surface area contributed by atoms with Crippen LogP contribution >= 0.6 is 43.5 Å². The van der Waals surface area contributed by atoms with Gasteiger partial charge in [0.1, 0.15) is 0 Å². The minimum atomic E-state index is -0.0267. The Balaban J connectivity index is 2.31. The molecule has 0 aliphatic heterocycles. The second-order valence-electron chi connectivity index (χ2n) is 4.19. The van der Waals surface area contributed by atoms with E-state index >= 15 is 0 Å². The van der Waals surface area contributed by atoms with Gasteiger partial charge in [-0.3, -0.25) is 9.48 Å². The van der Waals surface area contributed by atoms with E-state index in [1.54, 1.807) is 16.8 Å². The molecule has 0 saturated carbocycles. The lowest BCUT2D eigenvalue weighted by Crippen LogP contribution is -2.09. The Bertz CT molecular complexity index is 652. The Hall–Kier alpha value is -0.650. The number of hydrogen-bond donors (Lipinski definition) is 0. The van der Waals surface area contributed by atoms with Crippen molar-refractivity contribution in [2.24, 2.45) is 7.05 Å². The minimum Gasteiger partial charge on any atom is -0.294 e. The number of aromatic nitrogens is 2. The van der Waals surface area contributed by atoms with Gasteiger partial charge in [-0.2, -0.15) is 5.10 Å². The number of ketones is 1. The molecule has 0 aliphatic carbocycles. The third kappa shape index (κ3) is 3.09. The molecule has 0 spiro atoms. The molecule has 100 valence electrons. The third-order valence-electron chi connectivity index (χ3n) is 2.82. The fraction of sp³-hybridized carbons (Fsp3) is 0.231. The van der Waals surface area contributed by atoms with Crippen molar-refractivity contribution in [3.05, 3.63) is 49.1 Å². The summed E-state index contributed by atoms with van der Waals surface area (Å²) in [6.07, 6.45) is 0.263. The molecule has 0 aliphatic rings. The first kappa shape index (κ1) is 14.8. The van der Waals surface area contributed by atoms with Crippen LogP contribution in [0.3, 0.4) is 0 Å². The Labute approximate surface area is 133 Å². The van der Waals surface area contributed by atoms with E-state index in [1.165, 1.54) is 0 Å². The van der Waals surface area contributed by atoms with Gasteiger partial charge in [-0.25, -0.2) is 0 Å². The first-order chi connectivity index (χ1) is 8.90. The summed E-state index contributed by atoms with van der Waals surface area (Å²) < 4.78 is 3.44. The van der Waals surface area contributed by atoms with Gasteiger partial charge in [0.25, 0.3) is 0 Å². The molecule has 0 saturated heterocycles. The molecular formula is C13H11Br2ClN2O. The molecule has 6 heteroatoms. The molecule has 0 amide bonds. The highest BCUT2D eigenvalue weighted by Gasteiger charge is 2.17. The standard InChI is InChI=1S/C13H11Br2ClN2O/c1-7-13(15)11(18(2)17-7)6-12(19)9-4-3-8(14)5-10(9)16/h3-5H,6H2,1-2H3. The van der Waals surface area contributed by atoms with E-state index in [9.17, 15) is 4.79 Å². The number of hydrogen-bond acceptors (Lipinski definition) is 2. The molecule has 0 unspecified atom stereocenters. The van der Waals surface area contributed by atoms with Crippen molar-refractivity contribution in [2.45, 2.75) is 13.3 Å². The maximum atomic E-state index is 12.3. The highest BCUT2D eigenvalue weighted by Crippen LogP contribution is 2.25. The predicted molar refractivity (Wildman–Crippen MR) is 82.8 cm³/mol. The van der Waals surface area contributed by atoms with Crippen LogP contribution < -0.4 is 0 Å². The van der Waals surface area contributed by atoms with E-state index in [2.05, 4.69) is 37.0 Å². The number of benzene rings is 1. The lowest BCUT2D eigenvalue weighted by molar-refractivity contribution is 0.0990. The van der Waals surface area contributed by atoms with Crippen molar-refractivity contribution in [3.63, 3.8) is 0 Å². The second kappa shape index (κ2) is 5.77. The van der Waals surface area contributed by atoms with Gasteiger partial charge < -0.3 is 0 Å². The maximum Gasteiger partial charge on any atom is 0.170 e. The normalized spacial score (nSPS) is 10.8. The van der Waals surface area contributed by atoms with Crippen molar-refractivity contribution in [1.82, 2.24) is 9.78 Å². The summed E-state index contributed by atoms with van der Waals surface area (Å²) in [5, 5.41) is 4.72. The van der Waals surface area contributed by atoms with Crippen molar-refractivity contribution < 1.29 is 4.79 Å². The van der Waals surface area contributed by atoms with Gasteiger partial charge in [0.2, 0.25) is 0 Å². The summed E-state index contributed by atoms with van der Waals surface area (Å²) in [7, 11) is 1.82. The van der Waals surface area contributed by atoms with Crippen LogP contribution in [0.4, 0.5) is 0 Å². The monoisotopic (exact) mass is 404 g/mol. The lowest BCUT2D eigenvalue weighted by atomic mass is 10.1. The highest BCUT2D eigenvalue weighted by molar-refractivity contribution is 9.10. The first-order valence-corrected chi connectivity index (χ1v) is 7.52. The highest BCUT2D eigenvalue weighted by atomic mass is 79.9. The second-order valence-corrected chi connectivity index (χ2v) is 6.31. The van der Waals surface area contributed by atoms with Gasteiger partial charge in [0.05, 0.1) is 27.3 Å².